The Morgan fingerprint density at radius 3 is 2.55 bits per heavy atom. The van der Waals surface area contributed by atoms with Crippen LogP contribution in [0.25, 0.3) is 0 Å². The normalized spacial score (nSPS) is 24.8. The summed E-state index contributed by atoms with van der Waals surface area (Å²) in [6.07, 6.45) is -0.0699. The van der Waals surface area contributed by atoms with Crippen molar-refractivity contribution in [3.05, 3.63) is 29.3 Å². The number of sulfonamides is 1. The predicted octanol–water partition coefficient (Wildman–Crippen LogP) is 1.30. The van der Waals surface area contributed by atoms with Crippen LogP contribution in [-0.2, 0) is 10.0 Å². The highest BCUT2D eigenvalue weighted by molar-refractivity contribution is 7.89. The third kappa shape index (κ3) is 2.44. The summed E-state index contributed by atoms with van der Waals surface area (Å²) in [6, 6.07) is 6.15. The molecule has 1 saturated carbocycles. The summed E-state index contributed by atoms with van der Waals surface area (Å²) < 4.78 is 27.2. The van der Waals surface area contributed by atoms with Crippen LogP contribution < -0.4 is 4.72 Å². The van der Waals surface area contributed by atoms with Crippen LogP contribution in [0.2, 0.25) is 0 Å². The van der Waals surface area contributed by atoms with E-state index in [0.29, 0.717) is 17.5 Å². The molecule has 0 spiro atoms. The second-order valence-corrected chi connectivity index (χ2v) is 7.55. The lowest BCUT2D eigenvalue weighted by molar-refractivity contribution is -0.0645. The lowest BCUT2D eigenvalue weighted by Crippen LogP contribution is -2.61. The minimum Gasteiger partial charge on any atom is -0.392 e. The van der Waals surface area contributed by atoms with Gasteiger partial charge in [0.15, 0.2) is 0 Å². The SMILES string of the molecule is Cc1cc(S(=O)(=O)NC2CC(O)C2(C)C)ccc1C#N. The van der Waals surface area contributed by atoms with Gasteiger partial charge in [-0.2, -0.15) is 5.26 Å². The zero-order valence-corrected chi connectivity index (χ0v) is 12.5. The van der Waals surface area contributed by atoms with Gasteiger partial charge in [0.2, 0.25) is 10.0 Å². The molecule has 1 fully saturated rings. The molecule has 1 aliphatic rings. The van der Waals surface area contributed by atoms with E-state index in [0.717, 1.165) is 0 Å². The fourth-order valence-electron chi connectivity index (χ4n) is 2.29. The highest BCUT2D eigenvalue weighted by Gasteiger charge is 2.48. The van der Waals surface area contributed by atoms with Crippen molar-refractivity contribution in [2.75, 3.05) is 0 Å². The molecule has 6 heteroatoms. The fraction of sp³-hybridized carbons (Fsp3) is 0.500. The molecule has 0 aliphatic heterocycles. The van der Waals surface area contributed by atoms with Gasteiger partial charge in [-0.05, 0) is 37.1 Å². The molecule has 0 aromatic heterocycles. The van der Waals surface area contributed by atoms with Gasteiger partial charge in [-0.25, -0.2) is 13.1 Å². The van der Waals surface area contributed by atoms with Crippen LogP contribution in [-0.4, -0.2) is 25.7 Å². The fourth-order valence-corrected chi connectivity index (χ4v) is 3.78. The molecule has 1 aliphatic carbocycles. The van der Waals surface area contributed by atoms with Gasteiger partial charge in [-0.15, -0.1) is 0 Å². The van der Waals surface area contributed by atoms with E-state index in [2.05, 4.69) is 4.72 Å². The van der Waals surface area contributed by atoms with Gasteiger partial charge in [0.05, 0.1) is 22.6 Å². The number of aliphatic hydroxyl groups excluding tert-OH is 1. The Labute approximate surface area is 119 Å². The van der Waals surface area contributed by atoms with Gasteiger partial charge in [0.25, 0.3) is 0 Å². The van der Waals surface area contributed by atoms with Crippen molar-refractivity contribution in [2.45, 2.75) is 44.2 Å². The standard InChI is InChI=1S/C14H18N2O3S/c1-9-6-11(5-4-10(9)8-15)20(18,19)16-12-7-13(17)14(12,2)3/h4-6,12-13,16-17H,7H2,1-3H3. The maximum atomic E-state index is 12.3. The van der Waals surface area contributed by atoms with Crippen molar-refractivity contribution in [2.24, 2.45) is 5.41 Å². The van der Waals surface area contributed by atoms with Crippen molar-refractivity contribution in [3.63, 3.8) is 0 Å². The monoisotopic (exact) mass is 294 g/mol. The molecule has 0 heterocycles. The quantitative estimate of drug-likeness (QED) is 0.879. The van der Waals surface area contributed by atoms with Crippen molar-refractivity contribution in [1.82, 2.24) is 4.72 Å². The van der Waals surface area contributed by atoms with Crippen LogP contribution in [0, 0.1) is 23.7 Å². The van der Waals surface area contributed by atoms with Crippen LogP contribution in [0.5, 0.6) is 0 Å². The second-order valence-electron chi connectivity index (χ2n) is 5.84. The molecular weight excluding hydrogens is 276 g/mol. The van der Waals surface area contributed by atoms with E-state index < -0.39 is 21.5 Å². The van der Waals surface area contributed by atoms with E-state index in [-0.39, 0.29) is 10.9 Å². The Hall–Kier alpha value is -1.42. The minimum absolute atomic E-state index is 0.145. The summed E-state index contributed by atoms with van der Waals surface area (Å²) >= 11 is 0. The topological polar surface area (TPSA) is 90.2 Å². The molecule has 20 heavy (non-hydrogen) atoms. The Balaban J connectivity index is 2.24. The van der Waals surface area contributed by atoms with E-state index in [4.69, 9.17) is 5.26 Å². The van der Waals surface area contributed by atoms with Crippen molar-refractivity contribution in [1.29, 1.82) is 5.26 Å². The maximum Gasteiger partial charge on any atom is 0.240 e. The Kier molecular flexibility index (Phi) is 3.63. The molecular formula is C14H18N2O3S. The summed E-state index contributed by atoms with van der Waals surface area (Å²) in [5.41, 5.74) is 0.626. The number of nitrogens with one attached hydrogen (secondary N) is 1. The van der Waals surface area contributed by atoms with Crippen LogP contribution in [0.1, 0.15) is 31.4 Å². The van der Waals surface area contributed by atoms with E-state index in [1.165, 1.54) is 18.2 Å². The lowest BCUT2D eigenvalue weighted by Gasteiger charge is -2.49. The van der Waals surface area contributed by atoms with E-state index in [9.17, 15) is 13.5 Å². The van der Waals surface area contributed by atoms with Crippen LogP contribution in [0.15, 0.2) is 23.1 Å². The summed E-state index contributed by atoms with van der Waals surface area (Å²) in [4.78, 5) is 0.145. The number of hydrogen-bond acceptors (Lipinski definition) is 4. The molecule has 108 valence electrons. The van der Waals surface area contributed by atoms with Crippen LogP contribution in [0.4, 0.5) is 0 Å². The Morgan fingerprint density at radius 2 is 2.10 bits per heavy atom. The third-order valence-electron chi connectivity index (χ3n) is 4.14. The number of aliphatic hydroxyl groups is 1. The van der Waals surface area contributed by atoms with E-state index in [1.807, 2.05) is 19.9 Å². The molecule has 2 N–H and O–H groups in total. The number of nitriles is 1. The summed E-state index contributed by atoms with van der Waals surface area (Å²) in [5.74, 6) is 0. The first-order valence-electron chi connectivity index (χ1n) is 6.39. The van der Waals surface area contributed by atoms with Gasteiger partial charge in [0, 0.05) is 11.5 Å². The van der Waals surface area contributed by atoms with Gasteiger partial charge < -0.3 is 5.11 Å². The molecule has 0 bridgehead atoms. The third-order valence-corrected chi connectivity index (χ3v) is 5.61. The largest absolute Gasteiger partial charge is 0.392 e. The molecule has 0 amide bonds. The first kappa shape index (κ1) is 15.0. The smallest absolute Gasteiger partial charge is 0.240 e. The van der Waals surface area contributed by atoms with Crippen LogP contribution in [0.3, 0.4) is 0 Å². The predicted molar refractivity (Wildman–Crippen MR) is 74.4 cm³/mol. The molecule has 0 radical (unpaired) electrons. The second kappa shape index (κ2) is 4.85. The molecule has 0 saturated heterocycles. The van der Waals surface area contributed by atoms with Crippen molar-refractivity contribution in [3.8, 4) is 6.07 Å². The number of hydrogen-bond donors (Lipinski definition) is 2. The zero-order chi connectivity index (χ0) is 15.1. The summed E-state index contributed by atoms with van der Waals surface area (Å²) in [6.45, 7) is 5.37. The summed E-state index contributed by atoms with van der Waals surface area (Å²) in [7, 11) is -3.63. The van der Waals surface area contributed by atoms with Gasteiger partial charge >= 0.3 is 0 Å². The highest BCUT2D eigenvalue weighted by Crippen LogP contribution is 2.41. The lowest BCUT2D eigenvalue weighted by atomic mass is 9.65. The molecule has 2 rings (SSSR count). The number of nitrogens with zero attached hydrogens (tertiary/aromatic N) is 1. The zero-order valence-electron chi connectivity index (χ0n) is 11.7. The van der Waals surface area contributed by atoms with Gasteiger partial charge in [0.1, 0.15) is 0 Å². The number of benzene rings is 1. The first-order valence-corrected chi connectivity index (χ1v) is 7.88. The van der Waals surface area contributed by atoms with Crippen LogP contribution >= 0.6 is 0 Å². The minimum atomic E-state index is -3.63. The Bertz CT molecular complexity index is 674. The van der Waals surface area contributed by atoms with E-state index >= 15 is 0 Å². The Morgan fingerprint density at radius 1 is 1.45 bits per heavy atom. The van der Waals surface area contributed by atoms with E-state index in [1.54, 1.807) is 6.92 Å². The summed E-state index contributed by atoms with van der Waals surface area (Å²) in [5, 5.41) is 18.5. The number of rotatable bonds is 3. The molecule has 2 atom stereocenters. The number of aryl methyl sites for hydroxylation is 1. The molecule has 2 unspecified atom stereocenters. The average molecular weight is 294 g/mol. The molecule has 1 aromatic rings. The maximum absolute atomic E-state index is 12.3. The van der Waals surface area contributed by atoms with Gasteiger partial charge in [-0.3, -0.25) is 0 Å². The average Bonchev–Trinajstić information content (AvgIpc) is 2.38. The molecule has 5 nitrogen and oxygen atoms in total. The molecule has 1 aromatic carbocycles. The van der Waals surface area contributed by atoms with Gasteiger partial charge in [-0.1, -0.05) is 13.8 Å². The highest BCUT2D eigenvalue weighted by atomic mass is 32.2. The van der Waals surface area contributed by atoms with Crippen molar-refractivity contribution < 1.29 is 13.5 Å². The van der Waals surface area contributed by atoms with Crippen molar-refractivity contribution >= 4 is 10.0 Å². The first-order chi connectivity index (χ1) is 9.18.